The van der Waals surface area contributed by atoms with Gasteiger partial charge in [0.05, 0.1) is 5.75 Å². The molecule has 1 aromatic rings. The van der Waals surface area contributed by atoms with Crippen LogP contribution >= 0.6 is 11.8 Å². The first kappa shape index (κ1) is 11.9. The van der Waals surface area contributed by atoms with Crippen molar-refractivity contribution >= 4 is 23.6 Å². The second-order valence-corrected chi connectivity index (χ2v) is 4.71. The highest BCUT2D eigenvalue weighted by molar-refractivity contribution is 8.00. The Bertz CT molecular complexity index is 424. The molecule has 1 amide bonds. The first-order valence-corrected chi connectivity index (χ1v) is 6.18. The predicted octanol–water partition coefficient (Wildman–Crippen LogP) is 0.604. The Kier molecular flexibility index (Phi) is 3.63. The van der Waals surface area contributed by atoms with E-state index in [1.807, 2.05) is 12.1 Å². The molecule has 0 bridgehead atoms. The van der Waals surface area contributed by atoms with Crippen LogP contribution in [0.4, 0.5) is 0 Å². The van der Waals surface area contributed by atoms with Crippen LogP contribution in [0.2, 0.25) is 0 Å². The van der Waals surface area contributed by atoms with E-state index in [9.17, 15) is 9.59 Å². The van der Waals surface area contributed by atoms with Crippen molar-refractivity contribution in [3.8, 4) is 0 Å². The maximum atomic E-state index is 11.6. The highest BCUT2D eigenvalue weighted by Crippen LogP contribution is 2.17. The molecule has 5 nitrogen and oxygen atoms in total. The molecule has 1 fully saturated rings. The number of cyclic esters (lactones) is 1. The van der Waals surface area contributed by atoms with Gasteiger partial charge in [-0.1, -0.05) is 0 Å². The van der Waals surface area contributed by atoms with Gasteiger partial charge in [-0.15, -0.1) is 11.8 Å². The Balaban J connectivity index is 1.76. The van der Waals surface area contributed by atoms with Gasteiger partial charge in [-0.05, 0) is 19.1 Å². The van der Waals surface area contributed by atoms with Gasteiger partial charge < -0.3 is 10.1 Å². The summed E-state index contributed by atoms with van der Waals surface area (Å²) in [5, 5.41) is 2.64. The van der Waals surface area contributed by atoms with Crippen LogP contribution in [-0.2, 0) is 14.3 Å². The molecule has 1 aliphatic rings. The second kappa shape index (κ2) is 5.18. The zero-order valence-corrected chi connectivity index (χ0v) is 10.1. The Hall–Kier alpha value is -1.56. The summed E-state index contributed by atoms with van der Waals surface area (Å²) in [6.45, 7) is 1.75. The highest BCUT2D eigenvalue weighted by Gasteiger charge is 2.39. The van der Waals surface area contributed by atoms with Crippen LogP contribution in [-0.4, -0.2) is 34.8 Å². The first-order chi connectivity index (χ1) is 8.16. The molecule has 6 heteroatoms. The zero-order valence-electron chi connectivity index (χ0n) is 9.25. The number of ether oxygens (including phenoxy) is 1. The van der Waals surface area contributed by atoms with Gasteiger partial charge in [0.2, 0.25) is 5.91 Å². The number of hydrogen-bond acceptors (Lipinski definition) is 5. The van der Waals surface area contributed by atoms with Crippen molar-refractivity contribution in [3.63, 3.8) is 0 Å². The molecule has 0 radical (unpaired) electrons. The van der Waals surface area contributed by atoms with Crippen molar-refractivity contribution in [2.24, 2.45) is 0 Å². The molecule has 1 saturated heterocycles. The minimum Gasteiger partial charge on any atom is -0.458 e. The summed E-state index contributed by atoms with van der Waals surface area (Å²) in [6.07, 6.45) is 3.12. The normalized spacial score (nSPS) is 22.5. The van der Waals surface area contributed by atoms with Crippen LogP contribution < -0.4 is 5.32 Å². The summed E-state index contributed by atoms with van der Waals surface area (Å²) in [7, 11) is 0. The van der Waals surface area contributed by atoms with E-state index >= 15 is 0 Å². The minimum atomic E-state index is -0.486. The number of esters is 1. The lowest BCUT2D eigenvalue weighted by Gasteiger charge is -2.32. The molecule has 2 rings (SSSR count). The second-order valence-electron chi connectivity index (χ2n) is 3.66. The van der Waals surface area contributed by atoms with Crippen molar-refractivity contribution in [3.05, 3.63) is 24.5 Å². The number of nitrogens with zero attached hydrogens (tertiary/aromatic N) is 1. The molecule has 17 heavy (non-hydrogen) atoms. The summed E-state index contributed by atoms with van der Waals surface area (Å²) >= 11 is 1.40. The number of amides is 1. The van der Waals surface area contributed by atoms with E-state index in [4.69, 9.17) is 4.74 Å². The molecule has 0 spiro atoms. The van der Waals surface area contributed by atoms with Crippen LogP contribution in [0.1, 0.15) is 6.92 Å². The van der Waals surface area contributed by atoms with E-state index in [1.54, 1.807) is 19.3 Å². The number of aromatic nitrogens is 1. The van der Waals surface area contributed by atoms with Crippen molar-refractivity contribution < 1.29 is 14.3 Å². The average Bonchev–Trinajstić information content (AvgIpc) is 2.35. The van der Waals surface area contributed by atoms with Gasteiger partial charge in [0.15, 0.2) is 6.04 Å². The van der Waals surface area contributed by atoms with E-state index < -0.39 is 6.04 Å². The predicted molar refractivity (Wildman–Crippen MR) is 62.4 cm³/mol. The van der Waals surface area contributed by atoms with Gasteiger partial charge in [0.25, 0.3) is 0 Å². The number of hydrogen-bond donors (Lipinski definition) is 1. The lowest BCUT2D eigenvalue weighted by atomic mass is 10.1. The van der Waals surface area contributed by atoms with Gasteiger partial charge >= 0.3 is 5.97 Å². The molecule has 2 heterocycles. The van der Waals surface area contributed by atoms with E-state index in [2.05, 4.69) is 10.3 Å². The van der Waals surface area contributed by atoms with Crippen molar-refractivity contribution in [1.82, 2.24) is 10.3 Å². The van der Waals surface area contributed by atoms with Crippen LogP contribution in [0.5, 0.6) is 0 Å². The molecule has 0 unspecified atom stereocenters. The standard InChI is InChI=1S/C11H12N2O3S/c1-7-10(11(15)16-7)13-9(14)6-17-8-2-4-12-5-3-8/h2-5,7,10H,6H2,1H3,(H,13,14)/t7-,10+/m1/s1. The van der Waals surface area contributed by atoms with Gasteiger partial charge in [0.1, 0.15) is 6.10 Å². The van der Waals surface area contributed by atoms with E-state index in [1.165, 1.54) is 11.8 Å². The fourth-order valence-corrected chi connectivity index (χ4v) is 2.11. The largest absolute Gasteiger partial charge is 0.458 e. The lowest BCUT2D eigenvalue weighted by molar-refractivity contribution is -0.175. The molecule has 2 atom stereocenters. The molecular weight excluding hydrogens is 240 g/mol. The molecule has 0 aromatic carbocycles. The molecule has 90 valence electrons. The van der Waals surface area contributed by atoms with Gasteiger partial charge in [-0.25, -0.2) is 4.79 Å². The highest BCUT2D eigenvalue weighted by atomic mass is 32.2. The Morgan fingerprint density at radius 3 is 2.82 bits per heavy atom. The summed E-state index contributed by atoms with van der Waals surface area (Å²) in [6, 6.07) is 3.18. The maximum Gasteiger partial charge on any atom is 0.332 e. The van der Waals surface area contributed by atoms with E-state index in [-0.39, 0.29) is 23.7 Å². The number of nitrogens with one attached hydrogen (secondary N) is 1. The third kappa shape index (κ3) is 2.97. The van der Waals surface area contributed by atoms with Gasteiger partial charge in [-0.2, -0.15) is 0 Å². The fourth-order valence-electron chi connectivity index (χ4n) is 1.42. The maximum absolute atomic E-state index is 11.6. The number of rotatable bonds is 4. The molecule has 0 aliphatic carbocycles. The van der Waals surface area contributed by atoms with Gasteiger partial charge in [-0.3, -0.25) is 9.78 Å². The lowest BCUT2D eigenvalue weighted by Crippen LogP contribution is -2.58. The smallest absolute Gasteiger partial charge is 0.332 e. The SMILES string of the molecule is C[C@H]1OC(=O)[C@H]1NC(=O)CSc1ccncc1. The van der Waals surface area contributed by atoms with Crippen LogP contribution in [0.15, 0.2) is 29.4 Å². The Morgan fingerprint density at radius 1 is 1.53 bits per heavy atom. The summed E-state index contributed by atoms with van der Waals surface area (Å²) in [5.41, 5.74) is 0. The third-order valence-electron chi connectivity index (χ3n) is 2.36. The monoisotopic (exact) mass is 252 g/mol. The molecular formula is C11H12N2O3S. The van der Waals surface area contributed by atoms with E-state index in [0.29, 0.717) is 0 Å². The van der Waals surface area contributed by atoms with Gasteiger partial charge in [0, 0.05) is 17.3 Å². The summed E-state index contributed by atoms with van der Waals surface area (Å²) < 4.78 is 4.75. The van der Waals surface area contributed by atoms with Crippen LogP contribution in [0, 0.1) is 0 Å². The summed E-state index contributed by atoms with van der Waals surface area (Å²) in [5.74, 6) is -0.249. The minimum absolute atomic E-state index is 0.166. The van der Waals surface area contributed by atoms with Crippen LogP contribution in [0.25, 0.3) is 0 Å². The number of carbonyl (C=O) groups excluding carboxylic acids is 2. The Morgan fingerprint density at radius 2 is 2.24 bits per heavy atom. The van der Waals surface area contributed by atoms with E-state index in [0.717, 1.165) is 4.90 Å². The Labute approximate surface area is 103 Å². The van der Waals surface area contributed by atoms with Crippen molar-refractivity contribution in [2.45, 2.75) is 24.0 Å². The number of pyridine rings is 1. The molecule has 1 N–H and O–H groups in total. The summed E-state index contributed by atoms with van der Waals surface area (Å²) in [4.78, 5) is 27.4. The molecule has 1 aromatic heterocycles. The molecule has 0 saturated carbocycles. The first-order valence-electron chi connectivity index (χ1n) is 5.19. The molecule has 1 aliphatic heterocycles. The number of thioether (sulfide) groups is 1. The quantitative estimate of drug-likeness (QED) is 0.628. The zero-order chi connectivity index (χ0) is 12.3. The fraction of sp³-hybridized carbons (Fsp3) is 0.364. The topological polar surface area (TPSA) is 68.3 Å². The van der Waals surface area contributed by atoms with Crippen molar-refractivity contribution in [2.75, 3.05) is 5.75 Å². The van der Waals surface area contributed by atoms with Crippen molar-refractivity contribution in [1.29, 1.82) is 0 Å². The van der Waals surface area contributed by atoms with Crippen LogP contribution in [0.3, 0.4) is 0 Å². The average molecular weight is 252 g/mol. The third-order valence-corrected chi connectivity index (χ3v) is 3.37. The number of carbonyl (C=O) groups is 2.